The zero-order valence-electron chi connectivity index (χ0n) is 15.0. The lowest BCUT2D eigenvalue weighted by Gasteiger charge is -2.07. The van der Waals surface area contributed by atoms with E-state index >= 15 is 0 Å². The van der Waals surface area contributed by atoms with E-state index in [0.717, 1.165) is 12.8 Å². The molecule has 27 heavy (non-hydrogen) atoms. The first kappa shape index (κ1) is 18.4. The number of nitrogens with one attached hydrogen (secondary N) is 2. The van der Waals surface area contributed by atoms with Crippen molar-refractivity contribution in [2.75, 3.05) is 5.73 Å². The molecule has 3 aromatic rings. The van der Waals surface area contributed by atoms with E-state index in [1.807, 2.05) is 18.2 Å². The van der Waals surface area contributed by atoms with Crippen molar-refractivity contribution in [3.63, 3.8) is 0 Å². The summed E-state index contributed by atoms with van der Waals surface area (Å²) in [5.41, 5.74) is 6.58. The Morgan fingerprint density at radius 3 is 2.70 bits per heavy atom. The number of rotatable bonds is 7. The number of aromatic nitrogens is 3. The summed E-state index contributed by atoms with van der Waals surface area (Å²) < 4.78 is 5.33. The van der Waals surface area contributed by atoms with Gasteiger partial charge in [0.05, 0.1) is 6.54 Å². The third kappa shape index (κ3) is 4.81. The number of H-pyrrole nitrogens is 1. The Kier molecular flexibility index (Phi) is 5.65. The zero-order valence-corrected chi connectivity index (χ0v) is 15.0. The predicted octanol–water partition coefficient (Wildman–Crippen LogP) is 1.75. The number of nitrogen functional groups attached to an aromatic ring is 1. The second-order valence-electron chi connectivity index (χ2n) is 6.22. The van der Waals surface area contributed by atoms with Gasteiger partial charge >= 0.3 is 5.63 Å². The highest BCUT2D eigenvalue weighted by atomic mass is 16.4. The van der Waals surface area contributed by atoms with E-state index in [9.17, 15) is 9.59 Å². The molecule has 1 amide bonds. The smallest absolute Gasteiger partial charge is 0.349 e. The van der Waals surface area contributed by atoms with Crippen molar-refractivity contribution in [1.82, 2.24) is 20.5 Å². The molecule has 1 aromatic carbocycles. The van der Waals surface area contributed by atoms with Gasteiger partial charge in [0.2, 0.25) is 5.95 Å². The minimum Gasteiger partial charge on any atom is -0.427 e. The number of benzene rings is 1. The van der Waals surface area contributed by atoms with Crippen LogP contribution in [0.5, 0.6) is 0 Å². The third-order valence-electron chi connectivity index (χ3n) is 4.12. The maximum atomic E-state index is 12.3. The molecule has 0 radical (unpaired) electrons. The Morgan fingerprint density at radius 1 is 1.26 bits per heavy atom. The van der Waals surface area contributed by atoms with E-state index in [-0.39, 0.29) is 18.1 Å². The molecule has 0 atom stereocenters. The van der Waals surface area contributed by atoms with Crippen molar-refractivity contribution in [1.29, 1.82) is 0 Å². The highest BCUT2D eigenvalue weighted by Gasteiger charge is 2.17. The molecule has 8 heteroatoms. The Labute approximate surface area is 155 Å². The van der Waals surface area contributed by atoms with Gasteiger partial charge in [0, 0.05) is 6.42 Å². The monoisotopic (exact) mass is 367 g/mol. The van der Waals surface area contributed by atoms with Gasteiger partial charge in [-0.3, -0.25) is 9.89 Å². The summed E-state index contributed by atoms with van der Waals surface area (Å²) in [6.07, 6.45) is 2.38. The molecule has 2 heterocycles. The van der Waals surface area contributed by atoms with Crippen LogP contribution in [0.4, 0.5) is 5.95 Å². The summed E-state index contributed by atoms with van der Waals surface area (Å²) in [6.45, 7) is 1.81. The highest BCUT2D eigenvalue weighted by molar-refractivity contribution is 5.94. The molecule has 0 fully saturated rings. The molecule has 4 N–H and O–H groups in total. The van der Waals surface area contributed by atoms with Crippen molar-refractivity contribution < 1.29 is 9.21 Å². The molecule has 0 aliphatic rings. The molecule has 3 rings (SSSR count). The molecular formula is C19H21N5O3. The van der Waals surface area contributed by atoms with Crippen LogP contribution >= 0.6 is 0 Å². The van der Waals surface area contributed by atoms with Crippen LogP contribution in [-0.4, -0.2) is 21.1 Å². The van der Waals surface area contributed by atoms with Gasteiger partial charge in [-0.2, -0.15) is 4.98 Å². The second-order valence-corrected chi connectivity index (χ2v) is 6.22. The van der Waals surface area contributed by atoms with E-state index < -0.39 is 11.5 Å². The van der Waals surface area contributed by atoms with E-state index in [1.165, 1.54) is 5.56 Å². The Bertz CT molecular complexity index is 979. The zero-order chi connectivity index (χ0) is 19.2. The average Bonchev–Trinajstić information content (AvgIpc) is 3.06. The highest BCUT2D eigenvalue weighted by Crippen LogP contribution is 2.11. The second kappa shape index (κ2) is 8.31. The SMILES string of the molecule is Cc1cc(CCCc2ccccc2)oc(=O)c1C(=O)NCc1nc(N)n[nH]1. The summed E-state index contributed by atoms with van der Waals surface area (Å²) in [5.74, 6) is 0.551. The maximum Gasteiger partial charge on any atom is 0.349 e. The maximum absolute atomic E-state index is 12.3. The van der Waals surface area contributed by atoms with Crippen molar-refractivity contribution in [3.05, 3.63) is 75.1 Å². The van der Waals surface area contributed by atoms with Crippen LogP contribution in [0.15, 0.2) is 45.6 Å². The number of aryl methyl sites for hydroxylation is 3. The van der Waals surface area contributed by atoms with Gasteiger partial charge < -0.3 is 15.5 Å². The standard InChI is InChI=1S/C19H21N5O3/c1-12-10-14(9-5-8-13-6-3-2-4-7-13)27-18(26)16(12)17(25)21-11-15-22-19(20)24-23-15/h2-4,6-7,10H,5,8-9,11H2,1H3,(H,21,25)(H3,20,22,23,24). The van der Waals surface area contributed by atoms with E-state index in [4.69, 9.17) is 10.2 Å². The van der Waals surface area contributed by atoms with E-state index in [0.29, 0.717) is 23.6 Å². The largest absolute Gasteiger partial charge is 0.427 e. The lowest BCUT2D eigenvalue weighted by Crippen LogP contribution is -2.29. The molecule has 140 valence electrons. The number of hydrogen-bond donors (Lipinski definition) is 3. The number of anilines is 1. The van der Waals surface area contributed by atoms with Gasteiger partial charge in [-0.15, -0.1) is 5.10 Å². The third-order valence-corrected chi connectivity index (χ3v) is 4.12. The lowest BCUT2D eigenvalue weighted by atomic mass is 10.1. The minimum atomic E-state index is -0.640. The number of amides is 1. The van der Waals surface area contributed by atoms with Gasteiger partial charge in [-0.25, -0.2) is 4.79 Å². The van der Waals surface area contributed by atoms with Crippen LogP contribution in [0, 0.1) is 6.92 Å². The first-order valence-electron chi connectivity index (χ1n) is 8.65. The fraction of sp³-hybridized carbons (Fsp3) is 0.263. The van der Waals surface area contributed by atoms with Crippen LogP contribution in [0.1, 0.15) is 39.5 Å². The Balaban J connectivity index is 1.61. The van der Waals surface area contributed by atoms with Gasteiger partial charge in [-0.1, -0.05) is 30.3 Å². The first-order chi connectivity index (χ1) is 13.0. The van der Waals surface area contributed by atoms with Crippen LogP contribution in [0.25, 0.3) is 0 Å². The van der Waals surface area contributed by atoms with Gasteiger partial charge in [0.25, 0.3) is 5.91 Å². The number of nitrogens with zero attached hydrogens (tertiary/aromatic N) is 2. The number of nitrogens with two attached hydrogens (primary N) is 1. The van der Waals surface area contributed by atoms with E-state index in [2.05, 4.69) is 32.6 Å². The molecule has 0 aliphatic heterocycles. The molecule has 0 bridgehead atoms. The number of carbonyl (C=O) groups is 1. The Hall–Kier alpha value is -3.42. The molecule has 0 saturated heterocycles. The molecule has 0 unspecified atom stereocenters. The molecule has 0 saturated carbocycles. The topological polar surface area (TPSA) is 127 Å². The number of aromatic amines is 1. The van der Waals surface area contributed by atoms with Crippen molar-refractivity contribution in [2.24, 2.45) is 0 Å². The van der Waals surface area contributed by atoms with Crippen LogP contribution in [0.2, 0.25) is 0 Å². The number of hydrogen-bond acceptors (Lipinski definition) is 6. The predicted molar refractivity (Wildman–Crippen MR) is 100 cm³/mol. The average molecular weight is 367 g/mol. The minimum absolute atomic E-state index is 0.00528. The molecule has 0 spiro atoms. The van der Waals surface area contributed by atoms with Crippen LogP contribution in [0.3, 0.4) is 0 Å². The van der Waals surface area contributed by atoms with Gasteiger partial charge in [-0.05, 0) is 37.0 Å². The van der Waals surface area contributed by atoms with Crippen molar-refractivity contribution in [2.45, 2.75) is 32.7 Å². The molecular weight excluding hydrogens is 346 g/mol. The number of carbonyl (C=O) groups excluding carboxylic acids is 1. The summed E-state index contributed by atoms with van der Waals surface area (Å²) >= 11 is 0. The molecule has 0 aliphatic carbocycles. The fourth-order valence-corrected chi connectivity index (χ4v) is 2.82. The van der Waals surface area contributed by atoms with Crippen molar-refractivity contribution in [3.8, 4) is 0 Å². The van der Waals surface area contributed by atoms with Crippen molar-refractivity contribution >= 4 is 11.9 Å². The summed E-state index contributed by atoms with van der Waals surface area (Å²) in [6, 6.07) is 11.9. The summed E-state index contributed by atoms with van der Waals surface area (Å²) in [5, 5.41) is 8.87. The summed E-state index contributed by atoms with van der Waals surface area (Å²) in [7, 11) is 0. The van der Waals surface area contributed by atoms with Crippen LogP contribution in [-0.2, 0) is 19.4 Å². The lowest BCUT2D eigenvalue weighted by molar-refractivity contribution is 0.0945. The fourth-order valence-electron chi connectivity index (χ4n) is 2.82. The molecule has 2 aromatic heterocycles. The summed E-state index contributed by atoms with van der Waals surface area (Å²) in [4.78, 5) is 28.5. The molecule has 8 nitrogen and oxygen atoms in total. The Morgan fingerprint density at radius 2 is 2.04 bits per heavy atom. The van der Waals surface area contributed by atoms with Gasteiger partial charge in [0.1, 0.15) is 17.1 Å². The first-order valence-corrected chi connectivity index (χ1v) is 8.65. The van der Waals surface area contributed by atoms with Crippen LogP contribution < -0.4 is 16.7 Å². The quantitative estimate of drug-likeness (QED) is 0.584. The van der Waals surface area contributed by atoms with Gasteiger partial charge in [0.15, 0.2) is 0 Å². The van der Waals surface area contributed by atoms with E-state index in [1.54, 1.807) is 13.0 Å². The normalized spacial score (nSPS) is 10.7.